The smallest absolute Gasteiger partial charge is 0.416 e. The summed E-state index contributed by atoms with van der Waals surface area (Å²) in [5.41, 5.74) is 0.0230. The number of halogens is 3. The summed E-state index contributed by atoms with van der Waals surface area (Å²) in [5.74, 6) is -1.01. The molecule has 0 atom stereocenters. The fraction of sp³-hybridized carbons (Fsp3) is 0.273. The van der Waals surface area contributed by atoms with E-state index in [9.17, 15) is 18.0 Å². The Labute approximate surface area is 99.4 Å². The molecule has 7 heteroatoms. The van der Waals surface area contributed by atoms with Gasteiger partial charge in [-0.05, 0) is 18.2 Å². The van der Waals surface area contributed by atoms with Crippen molar-refractivity contribution >= 4 is 16.9 Å². The van der Waals surface area contributed by atoms with Crippen molar-refractivity contribution in [2.75, 3.05) is 0 Å². The molecule has 0 bridgehead atoms. The zero-order chi connectivity index (χ0) is 13.3. The number of aliphatic carboxylic acids is 1. The number of carbonyl (C=O) groups is 1. The number of carboxylic acid groups (broad SMARTS) is 1. The third-order valence-corrected chi connectivity index (χ3v) is 2.55. The van der Waals surface area contributed by atoms with Gasteiger partial charge >= 0.3 is 12.1 Å². The van der Waals surface area contributed by atoms with Gasteiger partial charge in [0.2, 0.25) is 0 Å². The summed E-state index contributed by atoms with van der Waals surface area (Å²) in [6.07, 6.45) is -4.46. The monoisotopic (exact) mass is 258 g/mol. The van der Waals surface area contributed by atoms with Crippen LogP contribution in [0.15, 0.2) is 18.2 Å². The normalized spacial score (nSPS) is 11.9. The first kappa shape index (κ1) is 12.4. The highest BCUT2D eigenvalue weighted by molar-refractivity contribution is 5.82. The highest BCUT2D eigenvalue weighted by Gasteiger charge is 2.30. The van der Waals surface area contributed by atoms with E-state index in [4.69, 9.17) is 5.11 Å². The maximum absolute atomic E-state index is 12.5. The number of H-pyrrole nitrogens is 1. The largest absolute Gasteiger partial charge is 0.481 e. The molecular formula is C11H9F3N2O2. The molecule has 4 nitrogen and oxygen atoms in total. The SMILES string of the molecule is O=C(O)CCc1[nH]nc2ccc(C(F)(F)F)cc12. The molecule has 0 amide bonds. The van der Waals surface area contributed by atoms with Gasteiger partial charge in [0.25, 0.3) is 0 Å². The van der Waals surface area contributed by atoms with E-state index >= 15 is 0 Å². The summed E-state index contributed by atoms with van der Waals surface area (Å²) in [6.45, 7) is 0. The van der Waals surface area contributed by atoms with Gasteiger partial charge in [0.15, 0.2) is 0 Å². The number of carboxylic acids is 1. The summed E-state index contributed by atoms with van der Waals surface area (Å²) in [7, 11) is 0. The van der Waals surface area contributed by atoms with Crippen LogP contribution in [-0.4, -0.2) is 21.3 Å². The second-order valence-corrected chi connectivity index (χ2v) is 3.83. The van der Waals surface area contributed by atoms with Crippen LogP contribution in [0.25, 0.3) is 10.9 Å². The molecule has 2 N–H and O–H groups in total. The number of aryl methyl sites for hydroxylation is 1. The fourth-order valence-corrected chi connectivity index (χ4v) is 1.66. The van der Waals surface area contributed by atoms with Crippen molar-refractivity contribution < 1.29 is 23.1 Å². The summed E-state index contributed by atoms with van der Waals surface area (Å²) in [5, 5.41) is 15.3. The van der Waals surface area contributed by atoms with Crippen LogP contribution in [0, 0.1) is 0 Å². The molecule has 96 valence electrons. The Morgan fingerprint density at radius 1 is 1.39 bits per heavy atom. The maximum Gasteiger partial charge on any atom is 0.416 e. The lowest BCUT2D eigenvalue weighted by molar-refractivity contribution is -0.138. The van der Waals surface area contributed by atoms with Crippen LogP contribution in [0.5, 0.6) is 0 Å². The number of alkyl halides is 3. The Balaban J connectivity index is 2.40. The minimum atomic E-state index is -4.42. The van der Waals surface area contributed by atoms with E-state index in [0.29, 0.717) is 16.6 Å². The highest BCUT2D eigenvalue weighted by atomic mass is 19.4. The predicted octanol–water partition coefficient (Wildman–Crippen LogP) is 2.60. The summed E-state index contributed by atoms with van der Waals surface area (Å²) < 4.78 is 37.6. The molecule has 0 saturated heterocycles. The van der Waals surface area contributed by atoms with E-state index in [1.54, 1.807) is 0 Å². The number of nitrogens with one attached hydrogen (secondary N) is 1. The standard InChI is InChI=1S/C11H9F3N2O2/c12-11(13,14)6-1-2-8-7(5-6)9(16-15-8)3-4-10(17)18/h1-2,5H,3-4H2,(H,15,16)(H,17,18). The van der Waals surface area contributed by atoms with E-state index in [1.165, 1.54) is 6.07 Å². The van der Waals surface area contributed by atoms with Gasteiger partial charge in [-0.1, -0.05) is 0 Å². The van der Waals surface area contributed by atoms with Crippen LogP contribution in [0.2, 0.25) is 0 Å². The van der Waals surface area contributed by atoms with E-state index in [0.717, 1.165) is 12.1 Å². The lowest BCUT2D eigenvalue weighted by atomic mass is 10.1. The van der Waals surface area contributed by atoms with Crippen LogP contribution in [0.3, 0.4) is 0 Å². The minimum absolute atomic E-state index is 0.118. The number of aromatic nitrogens is 2. The molecule has 0 aliphatic carbocycles. The molecule has 1 heterocycles. The van der Waals surface area contributed by atoms with Crippen LogP contribution in [-0.2, 0) is 17.4 Å². The molecular weight excluding hydrogens is 249 g/mol. The third kappa shape index (κ3) is 2.44. The zero-order valence-electron chi connectivity index (χ0n) is 9.08. The summed E-state index contributed by atoms with van der Waals surface area (Å²) >= 11 is 0. The molecule has 0 spiro atoms. The Morgan fingerprint density at radius 3 is 2.72 bits per heavy atom. The third-order valence-electron chi connectivity index (χ3n) is 2.55. The molecule has 2 rings (SSSR count). The van der Waals surface area contributed by atoms with Gasteiger partial charge in [0.1, 0.15) is 0 Å². The Bertz CT molecular complexity index is 589. The van der Waals surface area contributed by atoms with Gasteiger partial charge in [-0.15, -0.1) is 0 Å². The first-order valence-electron chi connectivity index (χ1n) is 5.14. The summed E-state index contributed by atoms with van der Waals surface area (Å²) in [4.78, 5) is 10.4. The van der Waals surface area contributed by atoms with Crippen molar-refractivity contribution in [1.29, 1.82) is 0 Å². The second-order valence-electron chi connectivity index (χ2n) is 3.83. The van der Waals surface area contributed by atoms with E-state index in [2.05, 4.69) is 10.2 Å². The van der Waals surface area contributed by atoms with Gasteiger partial charge in [-0.2, -0.15) is 18.3 Å². The van der Waals surface area contributed by atoms with Crippen molar-refractivity contribution in [3.63, 3.8) is 0 Å². The van der Waals surface area contributed by atoms with Crippen molar-refractivity contribution in [2.45, 2.75) is 19.0 Å². The van der Waals surface area contributed by atoms with Crippen molar-refractivity contribution in [2.24, 2.45) is 0 Å². The molecule has 18 heavy (non-hydrogen) atoms. The average Bonchev–Trinajstić information content (AvgIpc) is 2.67. The van der Waals surface area contributed by atoms with Crippen LogP contribution >= 0.6 is 0 Å². The average molecular weight is 258 g/mol. The number of hydrogen-bond acceptors (Lipinski definition) is 2. The Hall–Kier alpha value is -2.05. The van der Waals surface area contributed by atoms with Crippen LogP contribution < -0.4 is 0 Å². The van der Waals surface area contributed by atoms with Crippen molar-refractivity contribution in [3.8, 4) is 0 Å². The lowest BCUT2D eigenvalue weighted by Crippen LogP contribution is -2.04. The van der Waals surface area contributed by atoms with Crippen molar-refractivity contribution in [3.05, 3.63) is 29.5 Å². The highest BCUT2D eigenvalue weighted by Crippen LogP contribution is 2.31. The Morgan fingerprint density at radius 2 is 2.11 bits per heavy atom. The molecule has 2 aromatic rings. The van der Waals surface area contributed by atoms with E-state index in [-0.39, 0.29) is 12.8 Å². The van der Waals surface area contributed by atoms with Gasteiger partial charge < -0.3 is 5.11 Å². The number of aromatic amines is 1. The van der Waals surface area contributed by atoms with Gasteiger partial charge in [0, 0.05) is 17.5 Å². The number of fused-ring (bicyclic) bond motifs is 1. The molecule has 0 aliphatic rings. The number of benzene rings is 1. The quantitative estimate of drug-likeness (QED) is 0.889. The molecule has 0 aliphatic heterocycles. The van der Waals surface area contributed by atoms with Gasteiger partial charge in [0.05, 0.1) is 17.5 Å². The molecule has 1 aromatic heterocycles. The fourth-order valence-electron chi connectivity index (χ4n) is 1.66. The first-order chi connectivity index (χ1) is 8.38. The van der Waals surface area contributed by atoms with Crippen LogP contribution in [0.4, 0.5) is 13.2 Å². The molecule has 0 saturated carbocycles. The van der Waals surface area contributed by atoms with E-state index in [1.807, 2.05) is 0 Å². The second kappa shape index (κ2) is 4.32. The first-order valence-corrected chi connectivity index (χ1v) is 5.14. The molecule has 0 radical (unpaired) electrons. The van der Waals surface area contributed by atoms with Crippen LogP contribution in [0.1, 0.15) is 17.7 Å². The van der Waals surface area contributed by atoms with Crippen molar-refractivity contribution in [1.82, 2.24) is 10.2 Å². The lowest BCUT2D eigenvalue weighted by Gasteiger charge is -2.06. The van der Waals surface area contributed by atoms with Gasteiger partial charge in [-0.25, -0.2) is 0 Å². The molecule has 0 unspecified atom stereocenters. The summed E-state index contributed by atoms with van der Waals surface area (Å²) in [6, 6.07) is 3.19. The zero-order valence-corrected chi connectivity index (χ0v) is 9.08. The molecule has 0 fully saturated rings. The minimum Gasteiger partial charge on any atom is -0.481 e. The molecule has 1 aromatic carbocycles. The number of rotatable bonds is 3. The predicted molar refractivity (Wildman–Crippen MR) is 57.1 cm³/mol. The maximum atomic E-state index is 12.5. The van der Waals surface area contributed by atoms with E-state index < -0.39 is 17.7 Å². The topological polar surface area (TPSA) is 66.0 Å². The van der Waals surface area contributed by atoms with Gasteiger partial charge in [-0.3, -0.25) is 9.89 Å². The number of nitrogens with zero attached hydrogens (tertiary/aromatic N) is 1. The Kier molecular flexibility index (Phi) is 2.98. The number of hydrogen-bond donors (Lipinski definition) is 2.